The van der Waals surface area contributed by atoms with Gasteiger partial charge in [0.2, 0.25) is 5.91 Å². The molecule has 2 amide bonds. The summed E-state index contributed by atoms with van der Waals surface area (Å²) >= 11 is 0. The van der Waals surface area contributed by atoms with Gasteiger partial charge in [-0.25, -0.2) is 0 Å². The first-order valence-corrected chi connectivity index (χ1v) is 7.11. The molecular formula is C15H19N3O2. The van der Waals surface area contributed by atoms with E-state index >= 15 is 0 Å². The van der Waals surface area contributed by atoms with Crippen LogP contribution in [0.15, 0.2) is 24.3 Å². The van der Waals surface area contributed by atoms with Gasteiger partial charge in [0.05, 0.1) is 0 Å². The van der Waals surface area contributed by atoms with Crippen LogP contribution in [0.1, 0.15) is 28.8 Å². The third-order valence-corrected chi connectivity index (χ3v) is 3.89. The molecule has 0 aliphatic carbocycles. The molecule has 2 N–H and O–H groups in total. The van der Waals surface area contributed by atoms with Gasteiger partial charge in [0.1, 0.15) is 6.54 Å². The standard InChI is InChI=1S/C15H19N3O2/c19-14(17-12-5-3-7-16-8-12)10-18-9-11-4-1-2-6-13(11)15(18)20/h1-2,4,6,12,16H,3,5,7-10H2,(H,17,19)/t12-/m0/s1. The van der Waals surface area contributed by atoms with E-state index in [4.69, 9.17) is 0 Å². The van der Waals surface area contributed by atoms with Gasteiger partial charge in [0.25, 0.3) is 5.91 Å². The topological polar surface area (TPSA) is 61.4 Å². The Morgan fingerprint density at radius 1 is 1.40 bits per heavy atom. The van der Waals surface area contributed by atoms with Crippen LogP contribution < -0.4 is 10.6 Å². The van der Waals surface area contributed by atoms with E-state index in [0.29, 0.717) is 6.54 Å². The summed E-state index contributed by atoms with van der Waals surface area (Å²) in [5.41, 5.74) is 1.73. The van der Waals surface area contributed by atoms with Gasteiger partial charge in [-0.3, -0.25) is 9.59 Å². The van der Waals surface area contributed by atoms with Crippen LogP contribution >= 0.6 is 0 Å². The average Bonchev–Trinajstić information content (AvgIpc) is 2.77. The molecule has 1 atom stereocenters. The Balaban J connectivity index is 1.56. The molecule has 5 nitrogen and oxygen atoms in total. The molecule has 0 spiro atoms. The third kappa shape index (κ3) is 2.67. The highest BCUT2D eigenvalue weighted by Crippen LogP contribution is 2.21. The van der Waals surface area contributed by atoms with E-state index in [9.17, 15) is 9.59 Å². The molecular weight excluding hydrogens is 254 g/mol. The van der Waals surface area contributed by atoms with Gasteiger partial charge in [-0.2, -0.15) is 0 Å². The highest BCUT2D eigenvalue weighted by atomic mass is 16.2. The van der Waals surface area contributed by atoms with Crippen LogP contribution in [0.5, 0.6) is 0 Å². The molecule has 0 aromatic heterocycles. The molecule has 5 heteroatoms. The van der Waals surface area contributed by atoms with Crippen LogP contribution in [0.4, 0.5) is 0 Å². The van der Waals surface area contributed by atoms with E-state index < -0.39 is 0 Å². The molecule has 1 aromatic rings. The lowest BCUT2D eigenvalue weighted by atomic mass is 10.1. The van der Waals surface area contributed by atoms with Gasteiger partial charge in [-0.1, -0.05) is 18.2 Å². The fourth-order valence-electron chi connectivity index (χ4n) is 2.86. The third-order valence-electron chi connectivity index (χ3n) is 3.89. The van der Waals surface area contributed by atoms with Gasteiger partial charge >= 0.3 is 0 Å². The van der Waals surface area contributed by atoms with Crippen molar-refractivity contribution in [2.45, 2.75) is 25.4 Å². The molecule has 2 aliphatic heterocycles. The van der Waals surface area contributed by atoms with Crippen LogP contribution in [0.25, 0.3) is 0 Å². The van der Waals surface area contributed by atoms with Crippen molar-refractivity contribution in [2.75, 3.05) is 19.6 Å². The number of carbonyl (C=O) groups is 2. The predicted octanol–water partition coefficient (Wildman–Crippen LogP) is 0.511. The van der Waals surface area contributed by atoms with E-state index in [2.05, 4.69) is 10.6 Å². The molecule has 2 heterocycles. The number of rotatable bonds is 3. The Morgan fingerprint density at radius 3 is 3.00 bits per heavy atom. The Morgan fingerprint density at radius 2 is 2.25 bits per heavy atom. The number of nitrogens with one attached hydrogen (secondary N) is 2. The maximum atomic E-state index is 12.2. The van der Waals surface area contributed by atoms with Crippen LogP contribution in [-0.4, -0.2) is 42.4 Å². The fraction of sp³-hybridized carbons (Fsp3) is 0.467. The second-order valence-corrected chi connectivity index (χ2v) is 5.43. The van der Waals surface area contributed by atoms with Crippen LogP contribution in [-0.2, 0) is 11.3 Å². The molecule has 106 valence electrons. The van der Waals surface area contributed by atoms with E-state index in [1.165, 1.54) is 0 Å². The van der Waals surface area contributed by atoms with Crippen molar-refractivity contribution in [2.24, 2.45) is 0 Å². The average molecular weight is 273 g/mol. The number of hydrogen-bond donors (Lipinski definition) is 2. The quantitative estimate of drug-likeness (QED) is 0.843. The van der Waals surface area contributed by atoms with Gasteiger partial charge < -0.3 is 15.5 Å². The molecule has 1 aromatic carbocycles. The molecule has 1 saturated heterocycles. The van der Waals surface area contributed by atoms with E-state index in [1.807, 2.05) is 24.3 Å². The van der Waals surface area contributed by atoms with Crippen molar-refractivity contribution in [3.05, 3.63) is 35.4 Å². The lowest BCUT2D eigenvalue weighted by Crippen LogP contribution is -2.48. The molecule has 0 unspecified atom stereocenters. The SMILES string of the molecule is O=C(CN1Cc2ccccc2C1=O)N[C@H]1CCCNC1. The summed E-state index contributed by atoms with van der Waals surface area (Å²) in [6.45, 7) is 2.52. The number of carbonyl (C=O) groups excluding carboxylic acids is 2. The van der Waals surface area contributed by atoms with Gasteiger partial charge in [-0.15, -0.1) is 0 Å². The number of nitrogens with zero attached hydrogens (tertiary/aromatic N) is 1. The van der Waals surface area contributed by atoms with Gasteiger partial charge in [0, 0.05) is 24.7 Å². The number of fused-ring (bicyclic) bond motifs is 1. The maximum absolute atomic E-state index is 12.2. The number of benzene rings is 1. The van der Waals surface area contributed by atoms with Crippen molar-refractivity contribution < 1.29 is 9.59 Å². The van der Waals surface area contributed by atoms with Crippen LogP contribution in [0.3, 0.4) is 0 Å². The van der Waals surface area contributed by atoms with Crippen LogP contribution in [0.2, 0.25) is 0 Å². The second-order valence-electron chi connectivity index (χ2n) is 5.43. The zero-order valence-electron chi connectivity index (χ0n) is 11.4. The Kier molecular flexibility index (Phi) is 3.69. The lowest BCUT2D eigenvalue weighted by Gasteiger charge is -2.25. The summed E-state index contributed by atoms with van der Waals surface area (Å²) in [7, 11) is 0. The van der Waals surface area contributed by atoms with Crippen molar-refractivity contribution in [1.82, 2.24) is 15.5 Å². The number of piperidine rings is 1. The normalized spacial score (nSPS) is 21.7. The van der Waals surface area contributed by atoms with Crippen molar-refractivity contribution in [1.29, 1.82) is 0 Å². The fourth-order valence-corrected chi connectivity index (χ4v) is 2.86. The molecule has 20 heavy (non-hydrogen) atoms. The summed E-state index contributed by atoms with van der Waals surface area (Å²) in [6.07, 6.45) is 2.09. The predicted molar refractivity (Wildman–Crippen MR) is 75.2 cm³/mol. The summed E-state index contributed by atoms with van der Waals surface area (Å²) in [4.78, 5) is 25.8. The highest BCUT2D eigenvalue weighted by molar-refractivity contribution is 6.00. The number of amides is 2. The van der Waals surface area contributed by atoms with Crippen LogP contribution in [0, 0.1) is 0 Å². The largest absolute Gasteiger partial charge is 0.351 e. The maximum Gasteiger partial charge on any atom is 0.254 e. The summed E-state index contributed by atoms with van der Waals surface area (Å²) in [6, 6.07) is 7.73. The summed E-state index contributed by atoms with van der Waals surface area (Å²) < 4.78 is 0. The molecule has 3 rings (SSSR count). The second kappa shape index (κ2) is 5.63. The zero-order valence-corrected chi connectivity index (χ0v) is 11.4. The van der Waals surface area contributed by atoms with E-state index in [-0.39, 0.29) is 24.4 Å². The van der Waals surface area contributed by atoms with E-state index in [0.717, 1.165) is 37.1 Å². The first-order valence-electron chi connectivity index (χ1n) is 7.11. The summed E-state index contributed by atoms with van der Waals surface area (Å²) in [5, 5.41) is 6.26. The van der Waals surface area contributed by atoms with Crippen molar-refractivity contribution >= 4 is 11.8 Å². The zero-order chi connectivity index (χ0) is 13.9. The Labute approximate surface area is 118 Å². The minimum absolute atomic E-state index is 0.0440. The first-order chi connectivity index (χ1) is 9.74. The smallest absolute Gasteiger partial charge is 0.254 e. The van der Waals surface area contributed by atoms with Crippen molar-refractivity contribution in [3.8, 4) is 0 Å². The first kappa shape index (κ1) is 13.1. The minimum atomic E-state index is -0.0696. The monoisotopic (exact) mass is 273 g/mol. The van der Waals surface area contributed by atoms with Gasteiger partial charge in [-0.05, 0) is 31.0 Å². The summed E-state index contributed by atoms with van der Waals surface area (Å²) in [5.74, 6) is -0.114. The van der Waals surface area contributed by atoms with Gasteiger partial charge in [0.15, 0.2) is 0 Å². The number of hydrogen-bond acceptors (Lipinski definition) is 3. The molecule has 2 aliphatic rings. The Bertz CT molecular complexity index is 524. The molecule has 1 fully saturated rings. The van der Waals surface area contributed by atoms with E-state index in [1.54, 1.807) is 4.90 Å². The minimum Gasteiger partial charge on any atom is -0.351 e. The highest BCUT2D eigenvalue weighted by Gasteiger charge is 2.28. The van der Waals surface area contributed by atoms with Crippen molar-refractivity contribution in [3.63, 3.8) is 0 Å². The lowest BCUT2D eigenvalue weighted by molar-refractivity contribution is -0.122. The molecule has 0 saturated carbocycles. The Hall–Kier alpha value is -1.88. The molecule has 0 bridgehead atoms. The molecule has 0 radical (unpaired) electrons.